The molecule has 3 heteroatoms. The molecule has 0 bridgehead atoms. The van der Waals surface area contributed by atoms with Crippen LogP contribution < -0.4 is 10.5 Å². The molecule has 1 saturated carbocycles. The van der Waals surface area contributed by atoms with Gasteiger partial charge in [-0.05, 0) is 37.3 Å². The number of aromatic nitrogens is 1. The van der Waals surface area contributed by atoms with E-state index in [0.29, 0.717) is 0 Å². The van der Waals surface area contributed by atoms with E-state index in [2.05, 4.69) is 11.9 Å². The third-order valence-corrected chi connectivity index (χ3v) is 3.87. The van der Waals surface area contributed by atoms with Crippen LogP contribution in [0.3, 0.4) is 0 Å². The average molecular weight is 234 g/mol. The lowest BCUT2D eigenvalue weighted by Crippen LogP contribution is -2.37. The minimum atomic E-state index is -0.308. The molecule has 0 aromatic carbocycles. The Bertz CT molecular complexity index is 380. The predicted molar refractivity (Wildman–Crippen MR) is 68.9 cm³/mol. The molecule has 0 saturated heterocycles. The fourth-order valence-corrected chi connectivity index (χ4v) is 2.71. The monoisotopic (exact) mass is 234 g/mol. The molecule has 0 radical (unpaired) electrons. The molecule has 1 aromatic heterocycles. The second-order valence-electron chi connectivity index (χ2n) is 5.25. The van der Waals surface area contributed by atoms with E-state index in [1.165, 1.54) is 19.3 Å². The summed E-state index contributed by atoms with van der Waals surface area (Å²) in [5.74, 6) is 1.60. The summed E-state index contributed by atoms with van der Waals surface area (Å²) in [6.07, 6.45) is 7.44. The number of hydrogen-bond acceptors (Lipinski definition) is 3. The summed E-state index contributed by atoms with van der Waals surface area (Å²) in [6.45, 7) is 2.31. The van der Waals surface area contributed by atoms with E-state index in [1.807, 2.05) is 12.1 Å². The third-order valence-electron chi connectivity index (χ3n) is 3.87. The Balaban J connectivity index is 2.29. The Labute approximate surface area is 103 Å². The molecule has 94 valence electrons. The number of hydrogen-bond donors (Lipinski definition) is 1. The van der Waals surface area contributed by atoms with Gasteiger partial charge in [-0.3, -0.25) is 4.98 Å². The molecule has 0 amide bonds. The zero-order chi connectivity index (χ0) is 12.3. The van der Waals surface area contributed by atoms with Crippen LogP contribution in [0.25, 0.3) is 0 Å². The van der Waals surface area contributed by atoms with E-state index in [0.717, 1.165) is 30.2 Å². The second-order valence-corrected chi connectivity index (χ2v) is 5.25. The predicted octanol–water partition coefficient (Wildman–Crippen LogP) is 2.84. The van der Waals surface area contributed by atoms with Gasteiger partial charge in [-0.1, -0.05) is 19.8 Å². The van der Waals surface area contributed by atoms with Gasteiger partial charge in [0.2, 0.25) is 0 Å². The van der Waals surface area contributed by atoms with E-state index in [-0.39, 0.29) is 5.54 Å². The summed E-state index contributed by atoms with van der Waals surface area (Å²) < 4.78 is 5.39. The highest BCUT2D eigenvalue weighted by atomic mass is 16.5. The van der Waals surface area contributed by atoms with Crippen molar-refractivity contribution < 1.29 is 4.74 Å². The summed E-state index contributed by atoms with van der Waals surface area (Å²) in [5, 5.41) is 0. The minimum Gasteiger partial charge on any atom is -0.495 e. The van der Waals surface area contributed by atoms with E-state index in [1.54, 1.807) is 13.3 Å². The highest BCUT2D eigenvalue weighted by Crippen LogP contribution is 2.38. The van der Waals surface area contributed by atoms with Gasteiger partial charge >= 0.3 is 0 Å². The van der Waals surface area contributed by atoms with Gasteiger partial charge in [0, 0.05) is 6.20 Å². The van der Waals surface area contributed by atoms with Crippen LogP contribution in [-0.2, 0) is 5.54 Å². The number of ether oxygens (including phenoxy) is 1. The van der Waals surface area contributed by atoms with Crippen molar-refractivity contribution >= 4 is 0 Å². The first-order chi connectivity index (χ1) is 8.15. The lowest BCUT2D eigenvalue weighted by molar-refractivity contribution is 0.335. The van der Waals surface area contributed by atoms with Crippen LogP contribution in [0.15, 0.2) is 18.3 Å². The van der Waals surface area contributed by atoms with Gasteiger partial charge in [0.15, 0.2) is 0 Å². The van der Waals surface area contributed by atoms with Crippen molar-refractivity contribution in [2.45, 2.75) is 44.6 Å². The van der Waals surface area contributed by atoms with Crippen LogP contribution in [0.5, 0.6) is 5.75 Å². The minimum absolute atomic E-state index is 0.308. The van der Waals surface area contributed by atoms with Crippen LogP contribution in [0, 0.1) is 5.92 Å². The molecule has 2 unspecified atom stereocenters. The zero-order valence-corrected chi connectivity index (χ0v) is 10.8. The van der Waals surface area contributed by atoms with Crippen molar-refractivity contribution in [1.82, 2.24) is 4.98 Å². The maximum Gasteiger partial charge on any atom is 0.142 e. The number of methoxy groups -OCH3 is 1. The number of rotatable bonds is 2. The fraction of sp³-hybridized carbons (Fsp3) is 0.643. The zero-order valence-electron chi connectivity index (χ0n) is 10.8. The van der Waals surface area contributed by atoms with Gasteiger partial charge < -0.3 is 10.5 Å². The molecule has 1 fully saturated rings. The molecule has 2 rings (SSSR count). The van der Waals surface area contributed by atoms with Crippen LogP contribution in [0.2, 0.25) is 0 Å². The van der Waals surface area contributed by atoms with Crippen molar-refractivity contribution in [2.24, 2.45) is 11.7 Å². The molecule has 2 atom stereocenters. The summed E-state index contributed by atoms with van der Waals surface area (Å²) >= 11 is 0. The Kier molecular flexibility index (Phi) is 3.67. The van der Waals surface area contributed by atoms with E-state index >= 15 is 0 Å². The molecule has 1 aromatic rings. The maximum atomic E-state index is 6.58. The normalized spacial score (nSPS) is 29.7. The Morgan fingerprint density at radius 2 is 2.24 bits per heavy atom. The molecule has 2 N–H and O–H groups in total. The van der Waals surface area contributed by atoms with Gasteiger partial charge in [0.1, 0.15) is 11.4 Å². The van der Waals surface area contributed by atoms with Crippen molar-refractivity contribution in [3.05, 3.63) is 24.0 Å². The molecular weight excluding hydrogens is 212 g/mol. The number of nitrogens with zero attached hydrogens (tertiary/aromatic N) is 1. The first-order valence-electron chi connectivity index (χ1n) is 6.44. The van der Waals surface area contributed by atoms with Crippen molar-refractivity contribution in [2.75, 3.05) is 7.11 Å². The molecular formula is C14H22N2O. The Morgan fingerprint density at radius 1 is 1.41 bits per heavy atom. The Morgan fingerprint density at radius 3 is 3.00 bits per heavy atom. The Hall–Kier alpha value is -1.09. The molecule has 3 nitrogen and oxygen atoms in total. The van der Waals surface area contributed by atoms with Crippen LogP contribution in [0.1, 0.15) is 44.7 Å². The van der Waals surface area contributed by atoms with Gasteiger partial charge in [-0.15, -0.1) is 0 Å². The van der Waals surface area contributed by atoms with E-state index in [4.69, 9.17) is 10.5 Å². The van der Waals surface area contributed by atoms with Crippen LogP contribution >= 0.6 is 0 Å². The third kappa shape index (κ3) is 2.60. The second kappa shape index (κ2) is 5.05. The van der Waals surface area contributed by atoms with Gasteiger partial charge in [-0.25, -0.2) is 0 Å². The molecule has 0 spiro atoms. The first-order valence-corrected chi connectivity index (χ1v) is 6.44. The largest absolute Gasteiger partial charge is 0.495 e. The van der Waals surface area contributed by atoms with Crippen LogP contribution in [-0.4, -0.2) is 12.1 Å². The van der Waals surface area contributed by atoms with Gasteiger partial charge in [0.25, 0.3) is 0 Å². The number of pyridine rings is 1. The van der Waals surface area contributed by atoms with E-state index < -0.39 is 0 Å². The first kappa shape index (κ1) is 12.4. The highest BCUT2D eigenvalue weighted by Gasteiger charge is 2.33. The smallest absolute Gasteiger partial charge is 0.142 e. The highest BCUT2D eigenvalue weighted by molar-refractivity contribution is 5.33. The summed E-state index contributed by atoms with van der Waals surface area (Å²) in [7, 11) is 1.68. The van der Waals surface area contributed by atoms with Crippen molar-refractivity contribution in [1.29, 1.82) is 0 Å². The standard InChI is InChI=1S/C14H22N2O/c1-11-5-3-8-14(15,9-7-11)13-12(17-2)6-4-10-16-13/h4,6,10-11H,3,5,7-9,15H2,1-2H3. The fourth-order valence-electron chi connectivity index (χ4n) is 2.71. The SMILES string of the molecule is COc1cccnc1C1(N)CCCC(C)CC1. The lowest BCUT2D eigenvalue weighted by atomic mass is 9.86. The molecule has 0 aliphatic heterocycles. The van der Waals surface area contributed by atoms with Crippen LogP contribution in [0.4, 0.5) is 0 Å². The van der Waals surface area contributed by atoms with Crippen molar-refractivity contribution in [3.63, 3.8) is 0 Å². The molecule has 1 heterocycles. The van der Waals surface area contributed by atoms with Gasteiger partial charge in [0.05, 0.1) is 12.6 Å². The summed E-state index contributed by atoms with van der Waals surface area (Å²) in [6, 6.07) is 3.84. The number of nitrogens with two attached hydrogens (primary N) is 1. The lowest BCUT2D eigenvalue weighted by Gasteiger charge is -2.28. The topological polar surface area (TPSA) is 48.1 Å². The average Bonchev–Trinajstić information content (AvgIpc) is 2.52. The molecule has 17 heavy (non-hydrogen) atoms. The summed E-state index contributed by atoms with van der Waals surface area (Å²) in [5.41, 5.74) is 7.20. The molecule has 1 aliphatic rings. The van der Waals surface area contributed by atoms with Gasteiger partial charge in [-0.2, -0.15) is 0 Å². The maximum absolute atomic E-state index is 6.58. The van der Waals surface area contributed by atoms with Crippen molar-refractivity contribution in [3.8, 4) is 5.75 Å². The summed E-state index contributed by atoms with van der Waals surface area (Å²) in [4.78, 5) is 4.46. The molecule has 1 aliphatic carbocycles. The van der Waals surface area contributed by atoms with E-state index in [9.17, 15) is 0 Å². The quantitative estimate of drug-likeness (QED) is 0.800.